The molecule has 0 aliphatic carbocycles. The summed E-state index contributed by atoms with van der Waals surface area (Å²) in [5.74, 6) is 7.65. The molecule has 57 heavy (non-hydrogen) atoms. The second-order valence-corrected chi connectivity index (χ2v) is 19.1. The quantitative estimate of drug-likeness (QED) is 0.0437. The van der Waals surface area contributed by atoms with Crippen molar-refractivity contribution in [1.82, 2.24) is 19.1 Å². The third-order valence-electron chi connectivity index (χ3n) is 9.04. The van der Waals surface area contributed by atoms with Crippen molar-refractivity contribution in [3.63, 3.8) is 0 Å². The Morgan fingerprint density at radius 2 is 1.77 bits per heavy atom. The Kier molecular flexibility index (Phi) is 17.3. The number of phosphoric ester groups is 1. The first-order chi connectivity index (χ1) is 27.0. The first-order valence-corrected chi connectivity index (χ1v) is 22.6. The lowest BCUT2D eigenvalue weighted by atomic mass is 9.98. The number of benzene rings is 1. The number of nitrogens with zero attached hydrogens (tertiary/aromatic N) is 6. The molecule has 314 valence electrons. The van der Waals surface area contributed by atoms with Crippen LogP contribution in [0.2, 0.25) is 0 Å². The van der Waals surface area contributed by atoms with Gasteiger partial charge in [-0.15, -0.1) is 0 Å². The molecule has 0 amide bonds. The molecular weight excluding hydrogens is 766 g/mol. The van der Waals surface area contributed by atoms with Gasteiger partial charge < -0.3 is 23.2 Å². The summed E-state index contributed by atoms with van der Waals surface area (Å²) < 4.78 is 53.7. The normalized spacial score (nSPS) is 22.2. The molecular formula is C41H62N6O8P2. The summed E-state index contributed by atoms with van der Waals surface area (Å²) in [6, 6.07) is 9.69. The monoisotopic (exact) mass is 828 g/mol. The SMILES string of the molecule is CCC1OC(n2cc(C#CCCOP3(=O)Oc4ccccc4C(C)(C)O3)c(N=CN(CC(C)C)CC(C)C)nc2=O)CC1OP(OCCC#N)N(C(C)C)C(C)C. The Bertz CT molecular complexity index is 1850. The van der Waals surface area contributed by atoms with Crippen molar-refractivity contribution in [2.75, 3.05) is 26.3 Å². The summed E-state index contributed by atoms with van der Waals surface area (Å²) >= 11 is 0. The number of hydrogen-bond donors (Lipinski definition) is 0. The van der Waals surface area contributed by atoms with Crippen molar-refractivity contribution in [1.29, 1.82) is 5.26 Å². The minimum absolute atomic E-state index is 0.0309. The van der Waals surface area contributed by atoms with E-state index in [1.807, 2.05) is 32.9 Å². The number of phosphoric acid groups is 1. The number of para-hydroxylation sites is 1. The molecule has 3 heterocycles. The molecule has 16 heteroatoms. The lowest BCUT2D eigenvalue weighted by Crippen LogP contribution is -2.35. The molecule has 5 atom stereocenters. The van der Waals surface area contributed by atoms with E-state index in [4.69, 9.17) is 32.6 Å². The summed E-state index contributed by atoms with van der Waals surface area (Å²) in [7, 11) is -5.45. The molecule has 0 saturated carbocycles. The van der Waals surface area contributed by atoms with Gasteiger partial charge in [-0.05, 0) is 65.9 Å². The van der Waals surface area contributed by atoms with Gasteiger partial charge >= 0.3 is 13.5 Å². The maximum Gasteiger partial charge on any atom is 0.530 e. The number of rotatable bonds is 19. The maximum atomic E-state index is 13.7. The van der Waals surface area contributed by atoms with Gasteiger partial charge in [0, 0.05) is 49.8 Å². The van der Waals surface area contributed by atoms with E-state index in [1.54, 1.807) is 24.7 Å². The van der Waals surface area contributed by atoms with Crippen LogP contribution in [0.1, 0.15) is 119 Å². The zero-order valence-corrected chi connectivity index (χ0v) is 37.3. The van der Waals surface area contributed by atoms with Crippen LogP contribution in [0, 0.1) is 35.0 Å². The Balaban J connectivity index is 1.61. The number of aromatic nitrogens is 2. The third kappa shape index (κ3) is 13.2. The Morgan fingerprint density at radius 3 is 2.40 bits per heavy atom. The van der Waals surface area contributed by atoms with E-state index in [-0.39, 0.29) is 56.2 Å². The van der Waals surface area contributed by atoms with Crippen molar-refractivity contribution >= 4 is 28.5 Å². The van der Waals surface area contributed by atoms with Gasteiger partial charge in [-0.1, -0.05) is 64.7 Å². The zero-order valence-electron chi connectivity index (χ0n) is 35.5. The summed E-state index contributed by atoms with van der Waals surface area (Å²) in [5, 5.41) is 9.17. The molecule has 14 nitrogen and oxygen atoms in total. The third-order valence-corrected chi connectivity index (χ3v) is 12.8. The topological polar surface area (TPSA) is 150 Å². The van der Waals surface area contributed by atoms with Crippen LogP contribution in [0.25, 0.3) is 0 Å². The highest BCUT2D eigenvalue weighted by atomic mass is 31.2. The maximum absolute atomic E-state index is 13.7. The summed E-state index contributed by atoms with van der Waals surface area (Å²) in [4.78, 5) is 25.0. The second-order valence-electron chi connectivity index (χ2n) is 16.1. The number of ether oxygens (including phenoxy) is 1. The lowest BCUT2D eigenvalue weighted by molar-refractivity contribution is -0.0200. The van der Waals surface area contributed by atoms with Crippen LogP contribution in [0.5, 0.6) is 5.75 Å². The number of nitriles is 1. The van der Waals surface area contributed by atoms with Gasteiger partial charge in [-0.25, -0.2) is 19.0 Å². The van der Waals surface area contributed by atoms with Gasteiger partial charge in [-0.2, -0.15) is 10.2 Å². The van der Waals surface area contributed by atoms with E-state index in [0.29, 0.717) is 36.0 Å². The number of fused-ring (bicyclic) bond motifs is 1. The van der Waals surface area contributed by atoms with Crippen LogP contribution in [0.15, 0.2) is 40.2 Å². The predicted octanol–water partition coefficient (Wildman–Crippen LogP) is 9.09. The van der Waals surface area contributed by atoms with Crippen LogP contribution in [0.3, 0.4) is 0 Å². The lowest BCUT2D eigenvalue weighted by Gasteiger charge is -2.37. The highest BCUT2D eigenvalue weighted by molar-refractivity contribution is 7.49. The van der Waals surface area contributed by atoms with Crippen molar-refractivity contribution < 1.29 is 31.9 Å². The molecule has 4 rings (SSSR count). The molecule has 1 aromatic carbocycles. The molecule has 0 radical (unpaired) electrons. The minimum atomic E-state index is -3.92. The molecule has 1 fully saturated rings. The van der Waals surface area contributed by atoms with E-state index < -0.39 is 33.9 Å². The highest BCUT2D eigenvalue weighted by Crippen LogP contribution is 2.60. The average molecular weight is 829 g/mol. The van der Waals surface area contributed by atoms with Crippen molar-refractivity contribution in [2.24, 2.45) is 16.8 Å². The largest absolute Gasteiger partial charge is 0.530 e. The van der Waals surface area contributed by atoms with Crippen molar-refractivity contribution in [3.05, 3.63) is 52.1 Å². The highest BCUT2D eigenvalue weighted by Gasteiger charge is 2.44. The predicted molar refractivity (Wildman–Crippen MR) is 223 cm³/mol. The Hall–Kier alpha value is -3.16. The zero-order chi connectivity index (χ0) is 41.9. The second kappa shape index (κ2) is 21.2. The molecule has 0 spiro atoms. The molecule has 2 aromatic rings. The summed E-state index contributed by atoms with van der Waals surface area (Å²) in [5.41, 5.74) is -0.204. The average Bonchev–Trinajstić information content (AvgIpc) is 3.52. The number of aliphatic imine (C=N–C) groups is 1. The van der Waals surface area contributed by atoms with Crippen molar-refractivity contribution in [3.8, 4) is 23.7 Å². The first kappa shape index (κ1) is 46.5. The Morgan fingerprint density at radius 1 is 1.09 bits per heavy atom. The molecule has 5 unspecified atom stereocenters. The van der Waals surface area contributed by atoms with E-state index in [9.17, 15) is 9.36 Å². The van der Waals surface area contributed by atoms with Crippen LogP contribution in [-0.2, 0) is 33.0 Å². The van der Waals surface area contributed by atoms with E-state index in [1.165, 1.54) is 4.57 Å². The molecule has 1 saturated heterocycles. The van der Waals surface area contributed by atoms with Gasteiger partial charge in [0.15, 0.2) is 5.82 Å². The molecule has 2 aliphatic heterocycles. The van der Waals surface area contributed by atoms with Crippen LogP contribution >= 0.6 is 16.3 Å². The molecule has 2 aliphatic rings. The fourth-order valence-corrected chi connectivity index (χ4v) is 10.1. The van der Waals surface area contributed by atoms with E-state index >= 15 is 0 Å². The van der Waals surface area contributed by atoms with Gasteiger partial charge in [0.05, 0.1) is 49.8 Å². The molecule has 0 N–H and O–H groups in total. The minimum Gasteiger partial charge on any atom is -0.404 e. The standard InChI is InChI=1S/C41H62N6O8P2/c1-12-35-37(53-56(50-22-17-21-42)47(31(6)7)32(8)9)24-38(52-35)46-27-33(39(44-40(46)48)43-28-45(25-29(2)3)26-30(4)5)18-15-16-23-51-57(49)54-36-20-14-13-19-34(36)41(10,11)55-57/h13-14,19-20,27-32,35,37-38H,12,16-17,22-26H2,1-11H3. The summed E-state index contributed by atoms with van der Waals surface area (Å²) in [6.07, 6.45) is 3.44. The van der Waals surface area contributed by atoms with Crippen LogP contribution in [-0.4, -0.2) is 76.1 Å². The first-order valence-electron chi connectivity index (χ1n) is 20.0. The number of hydrogen-bond acceptors (Lipinski definition) is 12. The van der Waals surface area contributed by atoms with Crippen LogP contribution < -0.4 is 10.2 Å². The fraction of sp³-hybridized carbons (Fsp3) is 0.659. The van der Waals surface area contributed by atoms with Gasteiger partial charge in [0.2, 0.25) is 0 Å². The molecule has 0 bridgehead atoms. The van der Waals surface area contributed by atoms with Gasteiger partial charge in [0.1, 0.15) is 17.6 Å². The summed E-state index contributed by atoms with van der Waals surface area (Å²) in [6.45, 7) is 24.4. The van der Waals surface area contributed by atoms with Crippen LogP contribution in [0.4, 0.5) is 5.82 Å². The Labute approximate surface area is 340 Å². The van der Waals surface area contributed by atoms with Crippen molar-refractivity contribution in [2.45, 2.75) is 138 Å². The van der Waals surface area contributed by atoms with Gasteiger partial charge in [0.25, 0.3) is 8.53 Å². The smallest absolute Gasteiger partial charge is 0.404 e. The molecule has 1 aromatic heterocycles. The van der Waals surface area contributed by atoms with E-state index in [0.717, 1.165) is 18.7 Å². The van der Waals surface area contributed by atoms with Gasteiger partial charge in [-0.3, -0.25) is 13.6 Å². The fourth-order valence-electron chi connectivity index (χ4n) is 6.78. The van der Waals surface area contributed by atoms with E-state index in [2.05, 4.69) is 92.8 Å².